The number of benzene rings is 1. The van der Waals surface area contributed by atoms with Gasteiger partial charge in [0, 0.05) is 17.3 Å². The summed E-state index contributed by atoms with van der Waals surface area (Å²) in [5.74, 6) is 0.897. The van der Waals surface area contributed by atoms with Crippen LogP contribution in [0.2, 0.25) is 0 Å². The summed E-state index contributed by atoms with van der Waals surface area (Å²) in [5.41, 5.74) is 8.45. The van der Waals surface area contributed by atoms with Crippen molar-refractivity contribution in [2.75, 3.05) is 11.1 Å². The third-order valence-corrected chi connectivity index (χ3v) is 3.14. The second-order valence-electron chi connectivity index (χ2n) is 4.48. The second kappa shape index (κ2) is 4.65. The lowest BCUT2D eigenvalue weighted by molar-refractivity contribution is 0.491. The van der Waals surface area contributed by atoms with Crippen LogP contribution in [0.25, 0.3) is 10.9 Å². The molecule has 0 aliphatic rings. The largest absolute Gasteiger partial charge is 0.467 e. The molecule has 1 atom stereocenters. The summed E-state index contributed by atoms with van der Waals surface area (Å²) in [4.78, 5) is 4.32. The highest BCUT2D eigenvalue weighted by Gasteiger charge is 2.11. The predicted octanol–water partition coefficient (Wildman–Crippen LogP) is 3.58. The van der Waals surface area contributed by atoms with Crippen LogP contribution in [0.4, 0.5) is 11.4 Å². The first-order valence-corrected chi connectivity index (χ1v) is 6.19. The van der Waals surface area contributed by atoms with Crippen LogP contribution in [-0.2, 0) is 0 Å². The molecule has 0 amide bonds. The molecule has 0 radical (unpaired) electrons. The Bertz CT molecular complexity index is 692. The topological polar surface area (TPSA) is 64.1 Å². The molecule has 1 unspecified atom stereocenters. The van der Waals surface area contributed by atoms with E-state index in [9.17, 15) is 0 Å². The molecule has 19 heavy (non-hydrogen) atoms. The number of anilines is 2. The zero-order valence-electron chi connectivity index (χ0n) is 10.6. The maximum absolute atomic E-state index is 5.94. The molecular weight excluding hydrogens is 238 g/mol. The number of hydrogen-bond acceptors (Lipinski definition) is 4. The molecule has 96 valence electrons. The first-order valence-electron chi connectivity index (χ1n) is 6.19. The van der Waals surface area contributed by atoms with Gasteiger partial charge in [0.2, 0.25) is 0 Å². The van der Waals surface area contributed by atoms with Gasteiger partial charge in [0.15, 0.2) is 0 Å². The Morgan fingerprint density at radius 1 is 1.21 bits per heavy atom. The van der Waals surface area contributed by atoms with Crippen LogP contribution in [0.15, 0.2) is 53.3 Å². The molecule has 2 aromatic heterocycles. The molecule has 3 N–H and O–H groups in total. The van der Waals surface area contributed by atoms with E-state index >= 15 is 0 Å². The highest BCUT2D eigenvalue weighted by Crippen LogP contribution is 2.29. The molecule has 0 aliphatic carbocycles. The number of pyridine rings is 1. The van der Waals surface area contributed by atoms with Crippen LogP contribution >= 0.6 is 0 Å². The third kappa shape index (κ3) is 2.12. The third-order valence-electron chi connectivity index (χ3n) is 3.14. The molecule has 0 fully saturated rings. The first-order chi connectivity index (χ1) is 9.25. The highest BCUT2D eigenvalue weighted by molar-refractivity contribution is 5.98. The number of aromatic nitrogens is 1. The van der Waals surface area contributed by atoms with Gasteiger partial charge in [-0.3, -0.25) is 4.98 Å². The van der Waals surface area contributed by atoms with Crippen molar-refractivity contribution < 1.29 is 4.42 Å². The zero-order valence-corrected chi connectivity index (χ0v) is 10.6. The number of hydrogen-bond donors (Lipinski definition) is 2. The number of nitrogen functional groups attached to an aromatic ring is 1. The minimum absolute atomic E-state index is 0.0852. The minimum Gasteiger partial charge on any atom is -0.467 e. The van der Waals surface area contributed by atoms with E-state index < -0.39 is 0 Å². The van der Waals surface area contributed by atoms with Crippen LogP contribution in [0.3, 0.4) is 0 Å². The van der Waals surface area contributed by atoms with E-state index in [4.69, 9.17) is 10.2 Å². The Morgan fingerprint density at radius 3 is 2.89 bits per heavy atom. The second-order valence-corrected chi connectivity index (χ2v) is 4.48. The summed E-state index contributed by atoms with van der Waals surface area (Å²) >= 11 is 0. The fourth-order valence-corrected chi connectivity index (χ4v) is 2.16. The number of nitrogens with one attached hydrogen (secondary N) is 1. The van der Waals surface area contributed by atoms with Gasteiger partial charge >= 0.3 is 0 Å². The van der Waals surface area contributed by atoms with Gasteiger partial charge in [-0.1, -0.05) is 0 Å². The standard InChI is InChI=1S/C15H15N3O/c1-10(14-5-3-9-19-14)18-13-7-6-12(16)15-11(13)4-2-8-17-15/h2-10,18H,16H2,1H3. The predicted molar refractivity (Wildman–Crippen MR) is 76.9 cm³/mol. The summed E-state index contributed by atoms with van der Waals surface area (Å²) in [6.07, 6.45) is 3.43. The van der Waals surface area contributed by atoms with Crippen molar-refractivity contribution in [1.29, 1.82) is 0 Å². The van der Waals surface area contributed by atoms with E-state index in [0.717, 1.165) is 22.4 Å². The molecule has 3 rings (SSSR count). The van der Waals surface area contributed by atoms with E-state index in [2.05, 4.69) is 17.2 Å². The van der Waals surface area contributed by atoms with E-state index in [1.165, 1.54) is 0 Å². The summed E-state index contributed by atoms with van der Waals surface area (Å²) in [6, 6.07) is 11.7. The molecule has 0 bridgehead atoms. The Labute approximate surface area is 111 Å². The summed E-state index contributed by atoms with van der Waals surface area (Å²) < 4.78 is 5.40. The van der Waals surface area contributed by atoms with Crippen molar-refractivity contribution in [2.24, 2.45) is 0 Å². The lowest BCUT2D eigenvalue weighted by Gasteiger charge is -2.15. The Morgan fingerprint density at radius 2 is 2.11 bits per heavy atom. The van der Waals surface area contributed by atoms with E-state index in [0.29, 0.717) is 5.69 Å². The molecule has 0 saturated carbocycles. The van der Waals surface area contributed by atoms with Crippen LogP contribution in [0, 0.1) is 0 Å². The Balaban J connectivity index is 2.00. The van der Waals surface area contributed by atoms with Gasteiger partial charge in [-0.15, -0.1) is 0 Å². The summed E-state index contributed by atoms with van der Waals surface area (Å²) in [5, 5.41) is 4.44. The van der Waals surface area contributed by atoms with Crippen molar-refractivity contribution in [3.63, 3.8) is 0 Å². The van der Waals surface area contributed by atoms with Crippen molar-refractivity contribution in [1.82, 2.24) is 4.98 Å². The molecule has 4 heteroatoms. The maximum Gasteiger partial charge on any atom is 0.125 e. The minimum atomic E-state index is 0.0852. The first kappa shape index (κ1) is 11.6. The molecule has 0 aliphatic heterocycles. The van der Waals surface area contributed by atoms with E-state index in [1.54, 1.807) is 12.5 Å². The average molecular weight is 253 g/mol. The van der Waals surface area contributed by atoms with E-state index in [1.807, 2.05) is 36.4 Å². The fraction of sp³-hybridized carbons (Fsp3) is 0.133. The molecule has 4 nitrogen and oxygen atoms in total. The van der Waals surface area contributed by atoms with Crippen molar-refractivity contribution in [2.45, 2.75) is 13.0 Å². The molecular formula is C15H15N3O. The number of furan rings is 1. The Hall–Kier alpha value is -2.49. The van der Waals surface area contributed by atoms with Gasteiger partial charge in [0.25, 0.3) is 0 Å². The van der Waals surface area contributed by atoms with Gasteiger partial charge in [-0.25, -0.2) is 0 Å². The van der Waals surface area contributed by atoms with Gasteiger partial charge < -0.3 is 15.5 Å². The quantitative estimate of drug-likeness (QED) is 0.700. The monoisotopic (exact) mass is 253 g/mol. The molecule has 0 saturated heterocycles. The number of rotatable bonds is 3. The van der Waals surface area contributed by atoms with Crippen molar-refractivity contribution >= 4 is 22.3 Å². The molecule has 3 aromatic rings. The molecule has 0 spiro atoms. The SMILES string of the molecule is CC(Nc1ccc(N)c2ncccc12)c1ccco1. The maximum atomic E-state index is 5.94. The van der Waals surface area contributed by atoms with Crippen LogP contribution in [-0.4, -0.2) is 4.98 Å². The van der Waals surface area contributed by atoms with Gasteiger partial charge in [-0.2, -0.15) is 0 Å². The van der Waals surface area contributed by atoms with Crippen LogP contribution in [0.1, 0.15) is 18.7 Å². The fourth-order valence-electron chi connectivity index (χ4n) is 2.16. The highest BCUT2D eigenvalue weighted by atomic mass is 16.3. The number of nitrogens with zero attached hydrogens (tertiary/aromatic N) is 1. The van der Waals surface area contributed by atoms with E-state index in [-0.39, 0.29) is 6.04 Å². The summed E-state index contributed by atoms with van der Waals surface area (Å²) in [7, 11) is 0. The van der Waals surface area contributed by atoms with Gasteiger partial charge in [0.1, 0.15) is 5.76 Å². The lowest BCUT2D eigenvalue weighted by atomic mass is 10.1. The smallest absolute Gasteiger partial charge is 0.125 e. The van der Waals surface area contributed by atoms with Crippen LogP contribution < -0.4 is 11.1 Å². The zero-order chi connectivity index (χ0) is 13.2. The average Bonchev–Trinajstić information content (AvgIpc) is 2.96. The summed E-state index contributed by atoms with van der Waals surface area (Å²) in [6.45, 7) is 2.05. The van der Waals surface area contributed by atoms with Gasteiger partial charge in [0.05, 0.1) is 23.5 Å². The lowest BCUT2D eigenvalue weighted by Crippen LogP contribution is -2.06. The number of nitrogens with two attached hydrogens (primary N) is 1. The molecule has 2 heterocycles. The van der Waals surface area contributed by atoms with Crippen molar-refractivity contribution in [3.8, 4) is 0 Å². The van der Waals surface area contributed by atoms with Gasteiger partial charge in [-0.05, 0) is 43.3 Å². The van der Waals surface area contributed by atoms with Crippen LogP contribution in [0.5, 0.6) is 0 Å². The van der Waals surface area contributed by atoms with Crippen molar-refractivity contribution in [3.05, 3.63) is 54.6 Å². The molecule has 1 aromatic carbocycles. The Kier molecular flexibility index (Phi) is 2.83. The normalized spacial score (nSPS) is 12.5. The number of fused-ring (bicyclic) bond motifs is 1.